The number of fused-ring (bicyclic) bond motifs is 4. The second-order valence-electron chi connectivity index (χ2n) is 11.0. The van der Waals surface area contributed by atoms with Crippen LogP contribution in [-0.4, -0.2) is 33.0 Å². The number of nitrogens with one attached hydrogen (secondary N) is 1. The first kappa shape index (κ1) is 26.6. The van der Waals surface area contributed by atoms with Crippen LogP contribution in [0.1, 0.15) is 55.1 Å². The Morgan fingerprint density at radius 3 is 2.37 bits per heavy atom. The van der Waals surface area contributed by atoms with Gasteiger partial charge in [0, 0.05) is 17.4 Å². The summed E-state index contributed by atoms with van der Waals surface area (Å²) in [4.78, 5) is 17.3. The summed E-state index contributed by atoms with van der Waals surface area (Å²) in [6.07, 6.45) is 1.78. The van der Waals surface area contributed by atoms with Crippen molar-refractivity contribution in [2.75, 3.05) is 16.8 Å². The molecule has 0 saturated heterocycles. The molecule has 4 heterocycles. The Bertz CT molecular complexity index is 1840. The van der Waals surface area contributed by atoms with E-state index in [1.54, 1.807) is 6.20 Å². The van der Waals surface area contributed by atoms with Crippen LogP contribution < -0.4 is 15.0 Å². The molecule has 2 aliphatic heterocycles. The summed E-state index contributed by atoms with van der Waals surface area (Å²) in [5.41, 5.74) is 7.16. The van der Waals surface area contributed by atoms with E-state index in [4.69, 9.17) is 19.8 Å². The lowest BCUT2D eigenvalue weighted by atomic mass is 9.91. The highest BCUT2D eigenvalue weighted by molar-refractivity contribution is 6.51. The predicted molar refractivity (Wildman–Crippen MR) is 173 cm³/mol. The van der Waals surface area contributed by atoms with Gasteiger partial charge in [-0.05, 0) is 79.4 Å². The molecule has 2 aliphatic rings. The Hall–Kier alpha value is -5.24. The minimum Gasteiger partial charge on any atom is -0.494 e. The number of ether oxygens (including phenoxy) is 1. The number of nitrogens with zero attached hydrogens (tertiary/aromatic N) is 6. The first-order valence-electron chi connectivity index (χ1n) is 14.7. The maximum Gasteiger partial charge on any atom is 0.179 e. The van der Waals surface area contributed by atoms with Gasteiger partial charge in [0.15, 0.2) is 23.3 Å². The van der Waals surface area contributed by atoms with E-state index >= 15 is 0 Å². The van der Waals surface area contributed by atoms with E-state index in [-0.39, 0.29) is 6.04 Å². The van der Waals surface area contributed by atoms with Crippen molar-refractivity contribution in [2.24, 2.45) is 9.98 Å². The molecule has 0 spiro atoms. The summed E-state index contributed by atoms with van der Waals surface area (Å²) in [6, 6.07) is 30.7. The Kier molecular flexibility index (Phi) is 6.74. The molecule has 7 rings (SSSR count). The fourth-order valence-corrected chi connectivity index (χ4v) is 5.75. The number of amidine groups is 2. The van der Waals surface area contributed by atoms with Gasteiger partial charge in [0.1, 0.15) is 5.75 Å². The minimum atomic E-state index is -0.185. The normalized spacial score (nSPS) is 15.3. The van der Waals surface area contributed by atoms with Gasteiger partial charge >= 0.3 is 0 Å². The van der Waals surface area contributed by atoms with Crippen molar-refractivity contribution in [1.29, 1.82) is 0 Å². The lowest BCUT2D eigenvalue weighted by Crippen LogP contribution is -2.46. The first-order valence-corrected chi connectivity index (χ1v) is 14.7. The van der Waals surface area contributed by atoms with Gasteiger partial charge in [0.2, 0.25) is 0 Å². The fraction of sp³-hybridized carbons (Fsp3) is 0.200. The molecule has 43 heavy (non-hydrogen) atoms. The Morgan fingerprint density at radius 2 is 1.65 bits per heavy atom. The third-order valence-corrected chi connectivity index (χ3v) is 7.85. The molecule has 1 N–H and O–H groups in total. The quantitative estimate of drug-likeness (QED) is 0.226. The minimum absolute atomic E-state index is 0.185. The second kappa shape index (κ2) is 10.9. The van der Waals surface area contributed by atoms with Crippen molar-refractivity contribution in [3.63, 3.8) is 0 Å². The average molecular weight is 568 g/mol. The van der Waals surface area contributed by atoms with E-state index in [1.807, 2.05) is 66.2 Å². The molecule has 1 atom stereocenters. The molecule has 0 amide bonds. The largest absolute Gasteiger partial charge is 0.494 e. The highest BCUT2D eigenvalue weighted by atomic mass is 16.5. The lowest BCUT2D eigenvalue weighted by molar-refractivity contribution is 0.340. The summed E-state index contributed by atoms with van der Waals surface area (Å²) in [6.45, 7) is 9.09. The number of aryl methyl sites for hydroxylation is 1. The van der Waals surface area contributed by atoms with Crippen LogP contribution in [0.25, 0.3) is 5.82 Å². The zero-order chi connectivity index (χ0) is 29.5. The third kappa shape index (κ3) is 4.74. The highest BCUT2D eigenvalue weighted by Crippen LogP contribution is 2.48. The van der Waals surface area contributed by atoms with Crippen LogP contribution in [0.3, 0.4) is 0 Å². The first-order chi connectivity index (χ1) is 21.0. The van der Waals surface area contributed by atoms with Crippen LogP contribution in [0.2, 0.25) is 0 Å². The van der Waals surface area contributed by atoms with Crippen LogP contribution in [0.15, 0.2) is 107 Å². The van der Waals surface area contributed by atoms with Crippen LogP contribution in [0.4, 0.5) is 22.9 Å². The number of rotatable bonds is 6. The van der Waals surface area contributed by atoms with Crippen molar-refractivity contribution in [3.05, 3.63) is 120 Å². The number of pyridine rings is 1. The van der Waals surface area contributed by atoms with Gasteiger partial charge in [0.25, 0.3) is 0 Å². The predicted octanol–water partition coefficient (Wildman–Crippen LogP) is 7.89. The van der Waals surface area contributed by atoms with Gasteiger partial charge in [-0.3, -0.25) is 0 Å². The Labute approximate surface area is 251 Å². The molecular formula is C35H33N7O. The number of hydrogen-bond acceptors (Lipinski definition) is 7. The number of aromatic nitrogens is 3. The maximum atomic E-state index is 5.66. The monoisotopic (exact) mass is 567 g/mol. The molecule has 8 heteroatoms. The van der Waals surface area contributed by atoms with Crippen molar-refractivity contribution in [3.8, 4) is 11.6 Å². The SMILES string of the molecule is CCOc1ccc(NC2=Nc3ccccc3N3C2=Nc2c(c(C)nn2-c2ccccn2)C3c2ccc(C(C)C)cc2)cc1. The van der Waals surface area contributed by atoms with E-state index in [1.165, 1.54) is 5.56 Å². The van der Waals surface area contributed by atoms with Crippen LogP contribution in [-0.2, 0) is 0 Å². The zero-order valence-electron chi connectivity index (χ0n) is 24.7. The van der Waals surface area contributed by atoms with Crippen LogP contribution >= 0.6 is 0 Å². The highest BCUT2D eigenvalue weighted by Gasteiger charge is 2.41. The topological polar surface area (TPSA) is 79.9 Å². The smallest absolute Gasteiger partial charge is 0.179 e. The van der Waals surface area contributed by atoms with Gasteiger partial charge in [-0.25, -0.2) is 15.0 Å². The van der Waals surface area contributed by atoms with E-state index < -0.39 is 0 Å². The van der Waals surface area contributed by atoms with Gasteiger partial charge in [0.05, 0.1) is 29.7 Å². The van der Waals surface area contributed by atoms with E-state index in [2.05, 4.69) is 72.4 Å². The summed E-state index contributed by atoms with van der Waals surface area (Å²) in [5, 5.41) is 8.54. The van der Waals surface area contributed by atoms with Crippen molar-refractivity contribution in [2.45, 2.75) is 39.7 Å². The van der Waals surface area contributed by atoms with Gasteiger partial charge in [-0.15, -0.1) is 0 Å². The van der Waals surface area contributed by atoms with E-state index in [0.717, 1.165) is 51.3 Å². The average Bonchev–Trinajstić information content (AvgIpc) is 3.37. The molecule has 0 bridgehead atoms. The van der Waals surface area contributed by atoms with Gasteiger partial charge in [-0.1, -0.05) is 56.3 Å². The summed E-state index contributed by atoms with van der Waals surface area (Å²) in [5.74, 6) is 4.10. The van der Waals surface area contributed by atoms with E-state index in [0.29, 0.717) is 24.2 Å². The molecule has 2 aromatic heterocycles. The Morgan fingerprint density at radius 1 is 0.884 bits per heavy atom. The molecule has 0 radical (unpaired) electrons. The molecule has 0 fully saturated rings. The molecular weight excluding hydrogens is 534 g/mol. The third-order valence-electron chi connectivity index (χ3n) is 7.85. The summed E-state index contributed by atoms with van der Waals surface area (Å²) in [7, 11) is 0. The molecule has 5 aromatic rings. The van der Waals surface area contributed by atoms with Crippen molar-refractivity contribution in [1.82, 2.24) is 14.8 Å². The molecule has 0 saturated carbocycles. The zero-order valence-corrected chi connectivity index (χ0v) is 24.7. The fourth-order valence-electron chi connectivity index (χ4n) is 5.75. The molecule has 3 aromatic carbocycles. The number of para-hydroxylation sites is 2. The molecule has 8 nitrogen and oxygen atoms in total. The molecule has 1 unspecified atom stereocenters. The van der Waals surface area contributed by atoms with E-state index in [9.17, 15) is 0 Å². The summed E-state index contributed by atoms with van der Waals surface area (Å²) < 4.78 is 7.51. The number of hydrogen-bond donors (Lipinski definition) is 1. The molecule has 214 valence electrons. The molecule has 0 aliphatic carbocycles. The second-order valence-corrected chi connectivity index (χ2v) is 11.0. The van der Waals surface area contributed by atoms with Gasteiger partial charge in [-0.2, -0.15) is 9.78 Å². The van der Waals surface area contributed by atoms with Crippen LogP contribution in [0, 0.1) is 6.92 Å². The van der Waals surface area contributed by atoms with Crippen molar-refractivity contribution < 1.29 is 4.74 Å². The standard InChI is InChI=1S/C35H33N7O/c1-5-43-27-19-17-26(18-20-27)37-33-35-39-34-31(23(4)40-42(34)30-12-8-9-21-36-30)32(25-15-13-24(14-16-25)22(2)3)41(35)29-11-7-6-10-28(29)38-33/h6-22,32H,5H2,1-4H3,(H,37,38). The summed E-state index contributed by atoms with van der Waals surface area (Å²) >= 11 is 0. The maximum absolute atomic E-state index is 5.66. The number of anilines is 2. The van der Waals surface area contributed by atoms with Crippen LogP contribution in [0.5, 0.6) is 5.75 Å². The van der Waals surface area contributed by atoms with Gasteiger partial charge < -0.3 is 15.0 Å². The van der Waals surface area contributed by atoms with Crippen molar-refractivity contribution >= 4 is 34.6 Å². The Balaban J connectivity index is 1.44. The lowest BCUT2D eigenvalue weighted by Gasteiger charge is -2.40. The number of aliphatic imine (C=N–C) groups is 2. The number of benzene rings is 3.